The molecule has 0 aliphatic heterocycles. The van der Waals surface area contributed by atoms with Crippen molar-refractivity contribution in [2.75, 3.05) is 0 Å². The molecule has 0 aliphatic carbocycles. The van der Waals surface area contributed by atoms with Gasteiger partial charge in [0.05, 0.1) is 0 Å². The molecule has 0 nitrogen and oxygen atoms in total. The van der Waals surface area contributed by atoms with Gasteiger partial charge in [-0.15, -0.1) is 0 Å². The normalized spacial score (nSPS) is 17.5. The fraction of sp³-hybridized carbons (Fsp3) is 1.00. The molecule has 0 aromatic carbocycles. The number of rotatable bonds is 5. The molecule has 0 aliphatic rings. The van der Waals surface area contributed by atoms with E-state index in [2.05, 4.69) is 0 Å². The lowest BCUT2D eigenvalue weighted by molar-refractivity contribution is -0.0667. The molecule has 0 rings (SSSR count). The number of halogens is 6. The first kappa shape index (κ1) is 12.6. The van der Waals surface area contributed by atoms with Crippen LogP contribution in [0.5, 0.6) is 0 Å². The van der Waals surface area contributed by atoms with Crippen molar-refractivity contribution in [3.63, 3.8) is 0 Å². The van der Waals surface area contributed by atoms with Crippen LogP contribution in [0, 0.1) is 0 Å². The minimum atomic E-state index is -3.55. The summed E-state index contributed by atoms with van der Waals surface area (Å²) in [4.78, 5) is 0. The molecule has 1 unspecified atom stereocenters. The highest BCUT2D eigenvalue weighted by molar-refractivity contribution is 4.77. The van der Waals surface area contributed by atoms with Crippen molar-refractivity contribution in [2.45, 2.75) is 44.5 Å². The maximum absolute atomic E-state index is 12.4. The fourth-order valence-corrected chi connectivity index (χ4v) is 0.700. The van der Waals surface area contributed by atoms with E-state index >= 15 is 0 Å². The van der Waals surface area contributed by atoms with Crippen LogP contribution < -0.4 is 0 Å². The van der Waals surface area contributed by atoms with Crippen molar-refractivity contribution in [3.05, 3.63) is 0 Å². The zero-order chi connectivity index (χ0) is 10.6. The van der Waals surface area contributed by atoms with E-state index < -0.39 is 37.5 Å². The van der Waals surface area contributed by atoms with Gasteiger partial charge in [0.2, 0.25) is 0 Å². The van der Waals surface area contributed by atoms with E-state index in [0.29, 0.717) is 0 Å². The molecule has 0 spiro atoms. The van der Waals surface area contributed by atoms with Gasteiger partial charge >= 0.3 is 0 Å². The quantitative estimate of drug-likeness (QED) is 0.607. The molecular weight excluding hydrogens is 198 g/mol. The molecule has 0 heterocycles. The third-order valence-corrected chi connectivity index (χ3v) is 1.60. The standard InChI is InChI=1S/C7H10F6/c1-2-7(12,13)3-4(8)5(9)6(10)11/h4-6H,2-3H2,1H3/t4?,5-/m0/s1. The highest BCUT2D eigenvalue weighted by atomic mass is 19.3. The van der Waals surface area contributed by atoms with Crippen LogP contribution in [0.1, 0.15) is 19.8 Å². The Morgan fingerprint density at radius 3 is 1.85 bits per heavy atom. The van der Waals surface area contributed by atoms with Crippen LogP contribution in [-0.2, 0) is 0 Å². The molecule has 80 valence electrons. The third-order valence-electron chi connectivity index (χ3n) is 1.60. The Hall–Kier alpha value is -0.420. The van der Waals surface area contributed by atoms with E-state index in [1.807, 2.05) is 0 Å². The first-order chi connectivity index (χ1) is 5.80. The van der Waals surface area contributed by atoms with Crippen molar-refractivity contribution in [2.24, 2.45) is 0 Å². The molecule has 6 heteroatoms. The minimum absolute atomic E-state index is 0.691. The van der Waals surface area contributed by atoms with Gasteiger partial charge in [0.25, 0.3) is 12.3 Å². The Morgan fingerprint density at radius 1 is 1.08 bits per heavy atom. The van der Waals surface area contributed by atoms with E-state index in [4.69, 9.17) is 0 Å². The number of hydrogen-bond donors (Lipinski definition) is 0. The maximum atomic E-state index is 12.4. The van der Waals surface area contributed by atoms with Crippen LogP contribution >= 0.6 is 0 Å². The Bertz CT molecular complexity index is 146. The summed E-state index contributed by atoms with van der Waals surface area (Å²) in [5, 5.41) is 0. The lowest BCUT2D eigenvalue weighted by Crippen LogP contribution is -2.31. The first-order valence-electron chi connectivity index (χ1n) is 3.74. The van der Waals surface area contributed by atoms with Gasteiger partial charge in [-0.1, -0.05) is 6.92 Å². The predicted molar refractivity (Wildman–Crippen MR) is 35.7 cm³/mol. The summed E-state index contributed by atoms with van der Waals surface area (Å²) in [5.74, 6) is -3.42. The Kier molecular flexibility index (Phi) is 4.56. The zero-order valence-electron chi connectivity index (χ0n) is 6.91. The molecular formula is C7H10F6. The number of alkyl halides is 6. The van der Waals surface area contributed by atoms with Crippen molar-refractivity contribution < 1.29 is 26.3 Å². The SMILES string of the molecule is CCC(F)(F)CC(F)[C@H](F)C(F)F. The van der Waals surface area contributed by atoms with Gasteiger partial charge in [-0.05, 0) is 0 Å². The topological polar surface area (TPSA) is 0 Å². The second-order valence-corrected chi connectivity index (χ2v) is 2.71. The monoisotopic (exact) mass is 208 g/mol. The van der Waals surface area contributed by atoms with Gasteiger partial charge < -0.3 is 0 Å². The second-order valence-electron chi connectivity index (χ2n) is 2.71. The lowest BCUT2D eigenvalue weighted by atomic mass is 10.1. The summed E-state index contributed by atoms with van der Waals surface area (Å²) in [6.45, 7) is 1.07. The summed E-state index contributed by atoms with van der Waals surface area (Å²) in [7, 11) is 0. The summed E-state index contributed by atoms with van der Waals surface area (Å²) in [5.41, 5.74) is 0. The third kappa shape index (κ3) is 4.38. The van der Waals surface area contributed by atoms with Gasteiger partial charge in [0, 0.05) is 12.8 Å². The second kappa shape index (κ2) is 4.72. The highest BCUT2D eigenvalue weighted by Gasteiger charge is 2.38. The van der Waals surface area contributed by atoms with E-state index in [0.717, 1.165) is 6.92 Å². The largest absolute Gasteiger partial charge is 0.272 e. The van der Waals surface area contributed by atoms with Gasteiger partial charge in [-0.25, -0.2) is 26.3 Å². The van der Waals surface area contributed by atoms with Crippen LogP contribution in [0.2, 0.25) is 0 Å². The van der Waals surface area contributed by atoms with Gasteiger partial charge in [-0.2, -0.15) is 0 Å². The van der Waals surface area contributed by atoms with Crippen LogP contribution in [0.25, 0.3) is 0 Å². The average Bonchev–Trinajstić information content (AvgIpc) is 2.02. The Morgan fingerprint density at radius 2 is 1.54 bits per heavy atom. The molecule has 0 N–H and O–H groups in total. The van der Waals surface area contributed by atoms with Crippen LogP contribution in [0.15, 0.2) is 0 Å². The minimum Gasteiger partial charge on any atom is -0.244 e. The average molecular weight is 208 g/mol. The zero-order valence-corrected chi connectivity index (χ0v) is 6.91. The summed E-state index contributed by atoms with van der Waals surface area (Å²) in [6.07, 6.45) is -11.7. The summed E-state index contributed by atoms with van der Waals surface area (Å²) in [6, 6.07) is 0. The predicted octanol–water partition coefficient (Wildman–Crippen LogP) is 3.36. The lowest BCUT2D eigenvalue weighted by Gasteiger charge is -2.18. The first-order valence-corrected chi connectivity index (χ1v) is 3.74. The molecule has 0 radical (unpaired) electrons. The summed E-state index contributed by atoms with van der Waals surface area (Å²) >= 11 is 0. The van der Waals surface area contributed by atoms with Gasteiger partial charge in [0.1, 0.15) is 6.17 Å². The van der Waals surface area contributed by atoms with Crippen LogP contribution in [0.3, 0.4) is 0 Å². The van der Waals surface area contributed by atoms with E-state index in [1.165, 1.54) is 0 Å². The molecule has 0 bridgehead atoms. The van der Waals surface area contributed by atoms with E-state index in [-0.39, 0.29) is 0 Å². The molecule has 13 heavy (non-hydrogen) atoms. The molecule has 0 saturated heterocycles. The maximum Gasteiger partial charge on any atom is 0.272 e. The molecule has 0 aromatic rings. The smallest absolute Gasteiger partial charge is 0.244 e. The van der Waals surface area contributed by atoms with Crippen molar-refractivity contribution in [1.82, 2.24) is 0 Å². The summed E-state index contributed by atoms with van der Waals surface area (Å²) < 4.78 is 72.3. The molecule has 0 saturated carbocycles. The van der Waals surface area contributed by atoms with Crippen LogP contribution in [-0.4, -0.2) is 24.7 Å². The molecule has 0 amide bonds. The van der Waals surface area contributed by atoms with E-state index in [9.17, 15) is 26.3 Å². The van der Waals surface area contributed by atoms with Crippen molar-refractivity contribution in [1.29, 1.82) is 0 Å². The van der Waals surface area contributed by atoms with Gasteiger partial charge in [-0.3, -0.25) is 0 Å². The molecule has 0 fully saturated rings. The number of hydrogen-bond acceptors (Lipinski definition) is 0. The Labute approximate surface area is 71.9 Å². The Balaban J connectivity index is 4.06. The van der Waals surface area contributed by atoms with E-state index in [1.54, 1.807) is 0 Å². The molecule has 0 aromatic heterocycles. The highest BCUT2D eigenvalue weighted by Crippen LogP contribution is 2.28. The van der Waals surface area contributed by atoms with Crippen molar-refractivity contribution in [3.8, 4) is 0 Å². The van der Waals surface area contributed by atoms with Crippen molar-refractivity contribution >= 4 is 0 Å². The fourth-order valence-electron chi connectivity index (χ4n) is 0.700. The van der Waals surface area contributed by atoms with Crippen LogP contribution in [0.4, 0.5) is 26.3 Å². The van der Waals surface area contributed by atoms with Gasteiger partial charge in [0.15, 0.2) is 6.17 Å². The molecule has 2 atom stereocenters.